The fourth-order valence-electron chi connectivity index (χ4n) is 2.05. The molecule has 7 heteroatoms. The Bertz CT molecular complexity index is 591. The maximum atomic E-state index is 11.8. The van der Waals surface area contributed by atoms with E-state index in [1.165, 1.54) is 12.1 Å². The summed E-state index contributed by atoms with van der Waals surface area (Å²) in [4.78, 5) is 0.191. The molecule has 1 heterocycles. The number of hydrogen-bond acceptors (Lipinski definition) is 5. The van der Waals surface area contributed by atoms with Gasteiger partial charge in [-0.3, -0.25) is 0 Å². The summed E-state index contributed by atoms with van der Waals surface area (Å²) in [5.74, 6) is -0.275. The summed E-state index contributed by atoms with van der Waals surface area (Å²) in [5, 5.41) is 8.79. The molecule has 2 rings (SSSR count). The Kier molecular flexibility index (Phi) is 4.23. The summed E-state index contributed by atoms with van der Waals surface area (Å²) in [6.07, 6.45) is 0. The average Bonchev–Trinajstić information content (AvgIpc) is 2.59. The van der Waals surface area contributed by atoms with E-state index in [2.05, 4.69) is 0 Å². The molecular formula is C14H21BO5S. The van der Waals surface area contributed by atoms with Gasteiger partial charge >= 0.3 is 7.12 Å². The Hall–Kier alpha value is -0.885. The highest BCUT2D eigenvalue weighted by molar-refractivity contribution is 7.91. The molecule has 1 aromatic rings. The minimum absolute atomic E-state index is 0.191. The molecule has 0 radical (unpaired) electrons. The summed E-state index contributed by atoms with van der Waals surface area (Å²) in [6, 6.07) is 6.41. The van der Waals surface area contributed by atoms with E-state index in [4.69, 9.17) is 14.4 Å². The van der Waals surface area contributed by atoms with Crippen molar-refractivity contribution in [1.82, 2.24) is 0 Å². The lowest BCUT2D eigenvalue weighted by Crippen LogP contribution is -2.41. The second-order valence-corrected chi connectivity index (χ2v) is 8.31. The molecular weight excluding hydrogens is 291 g/mol. The smallest absolute Gasteiger partial charge is 0.399 e. The molecule has 0 unspecified atom stereocenters. The van der Waals surface area contributed by atoms with Crippen LogP contribution in [0.25, 0.3) is 0 Å². The van der Waals surface area contributed by atoms with Crippen molar-refractivity contribution in [3.8, 4) is 0 Å². The summed E-state index contributed by atoms with van der Waals surface area (Å²) in [6.45, 7) is 7.47. The molecule has 1 aliphatic rings. The standard InChI is InChI=1S/C14H21BO5S/c1-13(2)14(3,4)20-15(19-13)11-5-7-12(8-6-11)21(17,18)10-9-16/h5-8,16H,9-10H2,1-4H3. The first kappa shape index (κ1) is 16.5. The third-order valence-corrected chi connectivity index (χ3v) is 5.84. The molecule has 0 aromatic heterocycles. The van der Waals surface area contributed by atoms with Crippen LogP contribution in [0.2, 0.25) is 0 Å². The van der Waals surface area contributed by atoms with Crippen molar-refractivity contribution in [2.45, 2.75) is 43.8 Å². The van der Waals surface area contributed by atoms with Gasteiger partial charge in [0, 0.05) is 0 Å². The summed E-state index contributed by atoms with van der Waals surface area (Å²) < 4.78 is 35.5. The van der Waals surface area contributed by atoms with E-state index in [1.807, 2.05) is 27.7 Å². The summed E-state index contributed by atoms with van der Waals surface area (Å²) in [5.41, 5.74) is -0.0879. The zero-order chi connectivity index (χ0) is 15.9. The van der Waals surface area contributed by atoms with E-state index in [1.54, 1.807) is 12.1 Å². The van der Waals surface area contributed by atoms with Gasteiger partial charge in [0.15, 0.2) is 9.84 Å². The van der Waals surface area contributed by atoms with Gasteiger partial charge in [-0.25, -0.2) is 8.42 Å². The largest absolute Gasteiger partial charge is 0.494 e. The average molecular weight is 312 g/mol. The van der Waals surface area contributed by atoms with Crippen molar-refractivity contribution < 1.29 is 22.8 Å². The van der Waals surface area contributed by atoms with Crippen LogP contribution in [0.1, 0.15) is 27.7 Å². The fourth-order valence-corrected chi connectivity index (χ4v) is 3.08. The Morgan fingerprint density at radius 1 is 1.05 bits per heavy atom. The lowest BCUT2D eigenvalue weighted by atomic mass is 9.79. The van der Waals surface area contributed by atoms with Gasteiger partial charge < -0.3 is 14.4 Å². The first-order valence-corrected chi connectivity index (χ1v) is 8.53. The zero-order valence-electron chi connectivity index (χ0n) is 12.8. The highest BCUT2D eigenvalue weighted by Gasteiger charge is 2.51. The number of sulfone groups is 1. The van der Waals surface area contributed by atoms with Gasteiger partial charge in [-0.2, -0.15) is 0 Å². The molecule has 1 fully saturated rings. The van der Waals surface area contributed by atoms with Crippen LogP contribution in [0.3, 0.4) is 0 Å². The summed E-state index contributed by atoms with van der Waals surface area (Å²) >= 11 is 0. The number of hydrogen-bond donors (Lipinski definition) is 1. The van der Waals surface area contributed by atoms with Crippen LogP contribution < -0.4 is 5.46 Å². The van der Waals surface area contributed by atoms with E-state index in [0.717, 1.165) is 5.46 Å². The van der Waals surface area contributed by atoms with Crippen LogP contribution in [0.4, 0.5) is 0 Å². The van der Waals surface area contributed by atoms with Crippen LogP contribution in [0.5, 0.6) is 0 Å². The molecule has 21 heavy (non-hydrogen) atoms. The van der Waals surface area contributed by atoms with Crippen molar-refractivity contribution in [3.63, 3.8) is 0 Å². The van der Waals surface area contributed by atoms with Crippen LogP contribution in [-0.2, 0) is 19.1 Å². The predicted molar refractivity (Wildman–Crippen MR) is 81.3 cm³/mol. The van der Waals surface area contributed by atoms with Gasteiger partial charge in [0.25, 0.3) is 0 Å². The molecule has 5 nitrogen and oxygen atoms in total. The van der Waals surface area contributed by atoms with Crippen LogP contribution >= 0.6 is 0 Å². The summed E-state index contributed by atoms with van der Waals surface area (Å²) in [7, 11) is -3.94. The molecule has 0 saturated carbocycles. The Morgan fingerprint density at radius 2 is 1.52 bits per heavy atom. The quantitative estimate of drug-likeness (QED) is 0.831. The molecule has 1 aromatic carbocycles. The lowest BCUT2D eigenvalue weighted by Gasteiger charge is -2.32. The molecule has 0 aliphatic carbocycles. The van der Waals surface area contributed by atoms with E-state index in [0.29, 0.717) is 0 Å². The molecule has 1 N–H and O–H groups in total. The minimum atomic E-state index is -3.43. The van der Waals surface area contributed by atoms with Gasteiger partial charge in [-0.15, -0.1) is 0 Å². The van der Waals surface area contributed by atoms with Crippen molar-refractivity contribution in [1.29, 1.82) is 0 Å². The molecule has 0 spiro atoms. The van der Waals surface area contributed by atoms with Gasteiger partial charge in [0.05, 0.1) is 28.5 Å². The Balaban J connectivity index is 2.22. The van der Waals surface area contributed by atoms with E-state index in [-0.39, 0.29) is 17.3 Å². The van der Waals surface area contributed by atoms with Crippen LogP contribution in [0, 0.1) is 0 Å². The number of aliphatic hydroxyl groups is 1. The van der Waals surface area contributed by atoms with Gasteiger partial charge in [0.2, 0.25) is 0 Å². The molecule has 0 amide bonds. The molecule has 116 valence electrons. The van der Waals surface area contributed by atoms with Gasteiger partial charge in [-0.1, -0.05) is 12.1 Å². The van der Waals surface area contributed by atoms with Gasteiger partial charge in [-0.05, 0) is 45.3 Å². The normalized spacial score (nSPS) is 20.7. The Morgan fingerprint density at radius 3 is 1.95 bits per heavy atom. The maximum Gasteiger partial charge on any atom is 0.494 e. The molecule has 1 aliphatic heterocycles. The minimum Gasteiger partial charge on any atom is -0.399 e. The topological polar surface area (TPSA) is 72.8 Å². The van der Waals surface area contributed by atoms with Crippen molar-refractivity contribution in [2.75, 3.05) is 12.4 Å². The predicted octanol–water partition coefficient (Wildman–Crippen LogP) is 0.752. The molecule has 1 saturated heterocycles. The van der Waals surface area contributed by atoms with Crippen molar-refractivity contribution in [2.24, 2.45) is 0 Å². The Labute approximate surface area is 126 Å². The monoisotopic (exact) mass is 312 g/mol. The van der Waals surface area contributed by atoms with Crippen molar-refractivity contribution >= 4 is 22.4 Å². The second-order valence-electron chi connectivity index (χ2n) is 6.20. The van der Waals surface area contributed by atoms with E-state index < -0.39 is 28.2 Å². The first-order chi connectivity index (χ1) is 9.59. The van der Waals surface area contributed by atoms with Crippen molar-refractivity contribution in [3.05, 3.63) is 24.3 Å². The zero-order valence-corrected chi connectivity index (χ0v) is 13.6. The molecule has 0 atom stereocenters. The van der Waals surface area contributed by atoms with E-state index in [9.17, 15) is 8.42 Å². The third-order valence-electron chi connectivity index (χ3n) is 4.12. The lowest BCUT2D eigenvalue weighted by molar-refractivity contribution is 0.00578. The third kappa shape index (κ3) is 3.16. The van der Waals surface area contributed by atoms with Gasteiger partial charge in [0.1, 0.15) is 0 Å². The van der Waals surface area contributed by atoms with Crippen LogP contribution in [0.15, 0.2) is 29.2 Å². The van der Waals surface area contributed by atoms with Crippen LogP contribution in [-0.4, -0.2) is 44.2 Å². The second kappa shape index (κ2) is 5.39. The number of aliphatic hydroxyl groups excluding tert-OH is 1. The highest BCUT2D eigenvalue weighted by atomic mass is 32.2. The SMILES string of the molecule is CC1(C)OB(c2ccc(S(=O)(=O)CCO)cc2)OC1(C)C. The maximum absolute atomic E-state index is 11.8. The highest BCUT2D eigenvalue weighted by Crippen LogP contribution is 2.36. The number of benzene rings is 1. The van der Waals surface area contributed by atoms with E-state index >= 15 is 0 Å². The number of rotatable bonds is 4. The first-order valence-electron chi connectivity index (χ1n) is 6.88. The fraction of sp³-hybridized carbons (Fsp3) is 0.571. The molecule has 0 bridgehead atoms.